The molecule has 0 spiro atoms. The molecule has 0 radical (unpaired) electrons. The summed E-state index contributed by atoms with van der Waals surface area (Å²) in [5.41, 5.74) is 3.13. The van der Waals surface area contributed by atoms with Crippen molar-refractivity contribution >= 4 is 16.9 Å². The van der Waals surface area contributed by atoms with E-state index in [1.165, 1.54) is 0 Å². The zero-order chi connectivity index (χ0) is 16.1. The van der Waals surface area contributed by atoms with Crippen molar-refractivity contribution in [3.63, 3.8) is 0 Å². The maximum atomic E-state index is 12.1. The fraction of sp³-hybridized carbons (Fsp3) is 0.167. The van der Waals surface area contributed by atoms with Gasteiger partial charge in [0.1, 0.15) is 5.52 Å². The first-order valence-electron chi connectivity index (χ1n) is 7.43. The first-order chi connectivity index (χ1) is 11.3. The van der Waals surface area contributed by atoms with Crippen LogP contribution in [-0.4, -0.2) is 27.4 Å². The van der Waals surface area contributed by atoms with E-state index in [4.69, 9.17) is 0 Å². The Morgan fingerprint density at radius 3 is 2.83 bits per heavy atom. The molecule has 114 valence electrons. The highest BCUT2D eigenvalue weighted by Gasteiger charge is 2.08. The summed E-state index contributed by atoms with van der Waals surface area (Å²) < 4.78 is 1.79. The van der Waals surface area contributed by atoms with Crippen molar-refractivity contribution < 1.29 is 4.79 Å². The highest BCUT2D eigenvalue weighted by Crippen LogP contribution is 2.13. The lowest BCUT2D eigenvalue weighted by Crippen LogP contribution is -2.23. The van der Waals surface area contributed by atoms with E-state index in [1.54, 1.807) is 16.8 Å². The molecule has 0 fully saturated rings. The van der Waals surface area contributed by atoms with E-state index in [0.29, 0.717) is 12.1 Å². The van der Waals surface area contributed by atoms with Crippen LogP contribution in [-0.2, 0) is 6.54 Å². The van der Waals surface area contributed by atoms with Crippen LogP contribution in [0.5, 0.6) is 0 Å². The van der Waals surface area contributed by atoms with Gasteiger partial charge in [-0.15, -0.1) is 5.10 Å². The Bertz CT molecular complexity index is 888. The standard InChI is InChI=1S/C18H16N4O/c1-2-22-17-11-10-15(13-16(17)20-21-22)18(23)19-12-6-9-14-7-4-3-5-8-14/h3-5,7-8,10-11,13H,2,12H2,1H3,(H,19,23). The lowest BCUT2D eigenvalue weighted by Gasteiger charge is -2.02. The van der Waals surface area contributed by atoms with Gasteiger partial charge >= 0.3 is 0 Å². The fourth-order valence-electron chi connectivity index (χ4n) is 2.24. The van der Waals surface area contributed by atoms with Crippen molar-refractivity contribution in [2.45, 2.75) is 13.5 Å². The highest BCUT2D eigenvalue weighted by atomic mass is 16.1. The second-order valence-electron chi connectivity index (χ2n) is 4.96. The monoisotopic (exact) mass is 304 g/mol. The maximum absolute atomic E-state index is 12.1. The van der Waals surface area contributed by atoms with Crippen LogP contribution in [0.2, 0.25) is 0 Å². The Morgan fingerprint density at radius 2 is 2.04 bits per heavy atom. The number of benzene rings is 2. The summed E-state index contributed by atoms with van der Waals surface area (Å²) in [6.07, 6.45) is 0. The minimum atomic E-state index is -0.166. The molecule has 5 nitrogen and oxygen atoms in total. The van der Waals surface area contributed by atoms with Gasteiger partial charge in [0.2, 0.25) is 0 Å². The van der Waals surface area contributed by atoms with Crippen LogP contribution in [0.15, 0.2) is 48.5 Å². The number of fused-ring (bicyclic) bond motifs is 1. The molecule has 0 atom stereocenters. The molecule has 3 rings (SSSR count). The molecule has 0 unspecified atom stereocenters. The molecule has 1 aromatic heterocycles. The van der Waals surface area contributed by atoms with E-state index in [9.17, 15) is 4.79 Å². The van der Waals surface area contributed by atoms with Crippen molar-refractivity contribution in [3.05, 3.63) is 59.7 Å². The zero-order valence-corrected chi connectivity index (χ0v) is 12.8. The summed E-state index contributed by atoms with van der Waals surface area (Å²) in [7, 11) is 0. The number of rotatable bonds is 3. The van der Waals surface area contributed by atoms with Crippen molar-refractivity contribution in [1.29, 1.82) is 0 Å². The largest absolute Gasteiger partial charge is 0.341 e. The number of carbonyl (C=O) groups is 1. The Labute approximate surface area is 134 Å². The second-order valence-corrected chi connectivity index (χ2v) is 4.96. The third-order valence-electron chi connectivity index (χ3n) is 3.42. The summed E-state index contributed by atoms with van der Waals surface area (Å²) in [4.78, 5) is 12.1. The molecule has 1 heterocycles. The fourth-order valence-corrected chi connectivity index (χ4v) is 2.24. The Kier molecular flexibility index (Phi) is 4.34. The number of nitrogens with zero attached hydrogens (tertiary/aromatic N) is 3. The van der Waals surface area contributed by atoms with E-state index >= 15 is 0 Å². The molecule has 5 heteroatoms. The smallest absolute Gasteiger partial charge is 0.252 e. The van der Waals surface area contributed by atoms with E-state index in [1.807, 2.05) is 43.3 Å². The molecular formula is C18H16N4O. The third-order valence-corrected chi connectivity index (χ3v) is 3.42. The Hall–Kier alpha value is -3.13. The normalized spacial score (nSPS) is 10.1. The molecule has 0 saturated heterocycles. The first kappa shape index (κ1) is 14.8. The Balaban J connectivity index is 1.66. The molecule has 0 saturated carbocycles. The van der Waals surface area contributed by atoms with Gasteiger partial charge in [0.05, 0.1) is 12.1 Å². The summed E-state index contributed by atoms with van der Waals surface area (Å²) in [5, 5.41) is 10.9. The lowest BCUT2D eigenvalue weighted by atomic mass is 10.2. The minimum absolute atomic E-state index is 0.166. The third kappa shape index (κ3) is 3.38. The van der Waals surface area contributed by atoms with Gasteiger partial charge in [0.15, 0.2) is 0 Å². The lowest BCUT2D eigenvalue weighted by molar-refractivity contribution is 0.0959. The van der Waals surface area contributed by atoms with Crippen LogP contribution in [0.4, 0.5) is 0 Å². The van der Waals surface area contributed by atoms with Crippen LogP contribution in [0.3, 0.4) is 0 Å². The van der Waals surface area contributed by atoms with E-state index in [-0.39, 0.29) is 5.91 Å². The van der Waals surface area contributed by atoms with E-state index in [2.05, 4.69) is 27.5 Å². The second kappa shape index (κ2) is 6.75. The van der Waals surface area contributed by atoms with Crippen molar-refractivity contribution in [1.82, 2.24) is 20.3 Å². The average Bonchev–Trinajstić information content (AvgIpc) is 3.01. The van der Waals surface area contributed by atoms with Gasteiger partial charge in [-0.25, -0.2) is 4.68 Å². The number of hydrogen-bond acceptors (Lipinski definition) is 3. The van der Waals surface area contributed by atoms with Crippen LogP contribution >= 0.6 is 0 Å². The van der Waals surface area contributed by atoms with Crippen LogP contribution < -0.4 is 5.32 Å². The molecule has 23 heavy (non-hydrogen) atoms. The topological polar surface area (TPSA) is 59.8 Å². The molecule has 0 bridgehead atoms. The minimum Gasteiger partial charge on any atom is -0.341 e. The van der Waals surface area contributed by atoms with Crippen molar-refractivity contribution in [2.24, 2.45) is 0 Å². The SMILES string of the molecule is CCn1nnc2cc(C(=O)NCC#Cc3ccccc3)ccc21. The molecule has 2 aromatic carbocycles. The van der Waals surface area contributed by atoms with Gasteiger partial charge in [0.25, 0.3) is 5.91 Å². The summed E-state index contributed by atoms with van der Waals surface area (Å²) in [6.45, 7) is 3.05. The molecule has 0 aliphatic rings. The number of nitrogens with one attached hydrogen (secondary N) is 1. The Morgan fingerprint density at radius 1 is 1.22 bits per heavy atom. The molecule has 0 aliphatic heterocycles. The highest BCUT2D eigenvalue weighted by molar-refractivity contribution is 5.97. The molecule has 1 N–H and O–H groups in total. The van der Waals surface area contributed by atoms with Gasteiger partial charge in [-0.2, -0.15) is 0 Å². The number of amides is 1. The van der Waals surface area contributed by atoms with E-state index in [0.717, 1.165) is 23.1 Å². The van der Waals surface area contributed by atoms with Gasteiger partial charge in [-0.1, -0.05) is 35.3 Å². The molecular weight excluding hydrogens is 288 g/mol. The molecule has 1 amide bonds. The van der Waals surface area contributed by atoms with Crippen LogP contribution in [0.25, 0.3) is 11.0 Å². The van der Waals surface area contributed by atoms with E-state index < -0.39 is 0 Å². The van der Waals surface area contributed by atoms with Gasteiger partial charge in [-0.3, -0.25) is 4.79 Å². The molecule has 0 aliphatic carbocycles. The average molecular weight is 304 g/mol. The molecule has 3 aromatic rings. The van der Waals surface area contributed by atoms with Crippen molar-refractivity contribution in [3.8, 4) is 11.8 Å². The number of carbonyl (C=O) groups excluding carboxylic acids is 1. The number of aromatic nitrogens is 3. The van der Waals surface area contributed by atoms with Crippen LogP contribution in [0, 0.1) is 11.8 Å². The van der Waals surface area contributed by atoms with Gasteiger partial charge < -0.3 is 5.32 Å². The maximum Gasteiger partial charge on any atom is 0.252 e. The summed E-state index contributed by atoms with van der Waals surface area (Å²) >= 11 is 0. The quantitative estimate of drug-likeness (QED) is 0.755. The van der Waals surface area contributed by atoms with Gasteiger partial charge in [0, 0.05) is 17.7 Å². The number of hydrogen-bond donors (Lipinski definition) is 1. The predicted molar refractivity (Wildman–Crippen MR) is 88.9 cm³/mol. The zero-order valence-electron chi connectivity index (χ0n) is 12.8. The van der Waals surface area contributed by atoms with Gasteiger partial charge in [-0.05, 0) is 37.3 Å². The summed E-state index contributed by atoms with van der Waals surface area (Å²) in [6, 6.07) is 15.1. The predicted octanol–water partition coefficient (Wildman–Crippen LogP) is 2.23. The number of aryl methyl sites for hydroxylation is 1. The van der Waals surface area contributed by atoms with Crippen LogP contribution in [0.1, 0.15) is 22.8 Å². The summed E-state index contributed by atoms with van der Waals surface area (Å²) in [5.74, 6) is 5.77. The van der Waals surface area contributed by atoms with Crippen molar-refractivity contribution in [2.75, 3.05) is 6.54 Å². The first-order valence-corrected chi connectivity index (χ1v) is 7.43.